The second-order valence-electron chi connectivity index (χ2n) is 6.52. The zero-order valence-electron chi connectivity index (χ0n) is 14.5. The molecule has 2 aliphatic rings. The maximum Gasteiger partial charge on any atom is 0.330 e. The number of anilines is 1. The molecule has 26 heavy (non-hydrogen) atoms. The number of amides is 2. The van der Waals surface area contributed by atoms with Gasteiger partial charge >= 0.3 is 5.97 Å². The third kappa shape index (κ3) is 3.40. The molecule has 0 unspecified atom stereocenters. The molecule has 0 radical (unpaired) electrons. The summed E-state index contributed by atoms with van der Waals surface area (Å²) in [6, 6.07) is 7.73. The summed E-state index contributed by atoms with van der Waals surface area (Å²) in [4.78, 5) is 38.1. The number of hydrogen-bond donors (Lipinski definition) is 1. The molecule has 2 heterocycles. The summed E-state index contributed by atoms with van der Waals surface area (Å²) in [6.45, 7) is 3.45. The first-order chi connectivity index (χ1) is 12.3. The summed E-state index contributed by atoms with van der Waals surface area (Å²) in [5, 5.41) is 11.4. The molecule has 2 aliphatic heterocycles. The second kappa shape index (κ2) is 7.00. The molecule has 3 rings (SSSR count). The highest BCUT2D eigenvalue weighted by Crippen LogP contribution is 2.47. The van der Waals surface area contributed by atoms with Crippen molar-refractivity contribution >= 4 is 35.2 Å². The van der Waals surface area contributed by atoms with E-state index in [0.29, 0.717) is 23.4 Å². The van der Waals surface area contributed by atoms with Crippen molar-refractivity contribution in [3.8, 4) is 6.07 Å². The minimum absolute atomic E-state index is 0.0471. The molecule has 8 heteroatoms. The quantitative estimate of drug-likeness (QED) is 0.809. The molecule has 0 spiro atoms. The number of nitrogens with one attached hydrogen (secondary N) is 1. The topological polar surface area (TPSA) is 99.5 Å². The Labute approximate surface area is 155 Å². The van der Waals surface area contributed by atoms with Gasteiger partial charge in [0.25, 0.3) is 5.91 Å². The molecule has 7 nitrogen and oxygen atoms in total. The van der Waals surface area contributed by atoms with Crippen molar-refractivity contribution in [3.63, 3.8) is 0 Å². The lowest BCUT2D eigenvalue weighted by Gasteiger charge is -2.29. The van der Waals surface area contributed by atoms with Crippen LogP contribution in [0.1, 0.15) is 32.3 Å². The van der Waals surface area contributed by atoms with Crippen LogP contribution in [-0.2, 0) is 19.1 Å². The zero-order chi connectivity index (χ0) is 18.9. The Hall–Kier alpha value is -2.53. The van der Waals surface area contributed by atoms with Crippen molar-refractivity contribution in [2.45, 2.75) is 43.7 Å². The summed E-state index contributed by atoms with van der Waals surface area (Å²) in [5.41, 5.74) is 0.996. The van der Waals surface area contributed by atoms with E-state index in [1.54, 1.807) is 40.9 Å². The fraction of sp³-hybridized carbons (Fsp3) is 0.444. The Bertz CT molecular complexity index is 789. The average Bonchev–Trinajstić information content (AvgIpc) is 3.11. The first-order valence-corrected chi connectivity index (χ1v) is 9.30. The number of thioether (sulfide) groups is 1. The van der Waals surface area contributed by atoms with Gasteiger partial charge in [-0.25, -0.2) is 4.79 Å². The molecule has 1 N–H and O–H groups in total. The number of carbonyl (C=O) groups is 3. The van der Waals surface area contributed by atoms with Crippen LogP contribution >= 0.6 is 11.8 Å². The Morgan fingerprint density at radius 1 is 1.42 bits per heavy atom. The SMILES string of the molecule is C[C@H](OC(=O)[C@H]1CS[C@]2(C)CCC(=O)N12)C(=O)Nc1ccc(C#N)cc1. The zero-order valence-corrected chi connectivity index (χ0v) is 15.3. The Kier molecular flexibility index (Phi) is 4.92. The summed E-state index contributed by atoms with van der Waals surface area (Å²) in [6.07, 6.45) is 0.157. The van der Waals surface area contributed by atoms with E-state index in [4.69, 9.17) is 10.00 Å². The minimum atomic E-state index is -0.993. The fourth-order valence-corrected chi connectivity index (χ4v) is 4.59. The maximum atomic E-state index is 12.5. The number of nitrogens with zero attached hydrogens (tertiary/aromatic N) is 2. The molecule has 2 amide bonds. The Balaban J connectivity index is 1.59. The summed E-state index contributed by atoms with van der Waals surface area (Å²) < 4.78 is 5.30. The van der Waals surface area contributed by atoms with E-state index in [0.717, 1.165) is 6.42 Å². The van der Waals surface area contributed by atoms with E-state index < -0.39 is 24.0 Å². The van der Waals surface area contributed by atoms with Gasteiger partial charge in [0.05, 0.1) is 16.5 Å². The lowest BCUT2D eigenvalue weighted by molar-refractivity contribution is -0.160. The molecule has 0 saturated carbocycles. The number of esters is 1. The normalized spacial score (nSPS) is 25.3. The number of rotatable bonds is 4. The number of nitriles is 1. The van der Waals surface area contributed by atoms with Crippen LogP contribution in [-0.4, -0.2) is 45.5 Å². The van der Waals surface area contributed by atoms with E-state index >= 15 is 0 Å². The molecule has 0 bridgehead atoms. The Morgan fingerprint density at radius 2 is 2.12 bits per heavy atom. The standard InChI is InChI=1S/C18H19N3O4S/c1-11(16(23)20-13-5-3-12(9-19)4-6-13)25-17(24)14-10-26-18(2)8-7-15(22)21(14)18/h3-6,11,14H,7-8,10H2,1-2H3,(H,20,23)/t11-,14+,18+/m0/s1. The molecular weight excluding hydrogens is 354 g/mol. The first kappa shape index (κ1) is 18.3. The van der Waals surface area contributed by atoms with E-state index in [1.165, 1.54) is 6.92 Å². The van der Waals surface area contributed by atoms with Crippen molar-refractivity contribution in [3.05, 3.63) is 29.8 Å². The highest BCUT2D eigenvalue weighted by molar-refractivity contribution is 8.01. The monoisotopic (exact) mass is 373 g/mol. The summed E-state index contributed by atoms with van der Waals surface area (Å²) >= 11 is 1.57. The lowest BCUT2D eigenvalue weighted by atomic mass is 10.2. The van der Waals surface area contributed by atoms with Gasteiger partial charge < -0.3 is 15.0 Å². The van der Waals surface area contributed by atoms with Crippen LogP contribution in [0.4, 0.5) is 5.69 Å². The summed E-state index contributed by atoms with van der Waals surface area (Å²) in [5.74, 6) is -0.595. The van der Waals surface area contributed by atoms with Crippen LogP contribution in [0.2, 0.25) is 0 Å². The summed E-state index contributed by atoms with van der Waals surface area (Å²) in [7, 11) is 0. The van der Waals surface area contributed by atoms with Gasteiger partial charge in [-0.1, -0.05) is 0 Å². The molecule has 2 saturated heterocycles. The van der Waals surface area contributed by atoms with E-state index in [2.05, 4.69) is 5.32 Å². The van der Waals surface area contributed by atoms with Crippen molar-refractivity contribution in [2.75, 3.05) is 11.1 Å². The number of hydrogen-bond acceptors (Lipinski definition) is 6. The molecule has 3 atom stereocenters. The van der Waals surface area contributed by atoms with E-state index in [9.17, 15) is 14.4 Å². The fourth-order valence-electron chi connectivity index (χ4n) is 3.17. The van der Waals surface area contributed by atoms with E-state index in [1.807, 2.05) is 13.0 Å². The van der Waals surface area contributed by atoms with Crippen LogP contribution in [0.5, 0.6) is 0 Å². The van der Waals surface area contributed by atoms with Crippen molar-refractivity contribution < 1.29 is 19.1 Å². The average molecular weight is 373 g/mol. The highest BCUT2D eigenvalue weighted by atomic mass is 32.2. The van der Waals surface area contributed by atoms with E-state index in [-0.39, 0.29) is 10.8 Å². The van der Waals surface area contributed by atoms with Gasteiger partial charge in [-0.05, 0) is 44.5 Å². The number of fused-ring (bicyclic) bond motifs is 1. The van der Waals surface area contributed by atoms with Gasteiger partial charge in [0.15, 0.2) is 6.10 Å². The van der Waals surface area contributed by atoms with Gasteiger partial charge in [-0.2, -0.15) is 5.26 Å². The van der Waals surface area contributed by atoms with Gasteiger partial charge in [-0.3, -0.25) is 9.59 Å². The lowest BCUT2D eigenvalue weighted by Crippen LogP contribution is -2.48. The second-order valence-corrected chi connectivity index (χ2v) is 8.02. The van der Waals surface area contributed by atoms with Crippen LogP contribution in [0.3, 0.4) is 0 Å². The van der Waals surface area contributed by atoms with Crippen LogP contribution in [0.15, 0.2) is 24.3 Å². The molecular formula is C18H19N3O4S. The molecule has 1 aromatic rings. The maximum absolute atomic E-state index is 12.5. The Morgan fingerprint density at radius 3 is 2.77 bits per heavy atom. The van der Waals surface area contributed by atoms with Gasteiger partial charge in [0.2, 0.25) is 5.91 Å². The van der Waals surface area contributed by atoms with Gasteiger partial charge in [-0.15, -0.1) is 11.8 Å². The molecule has 136 valence electrons. The van der Waals surface area contributed by atoms with Crippen LogP contribution in [0, 0.1) is 11.3 Å². The molecule has 1 aromatic carbocycles. The largest absolute Gasteiger partial charge is 0.451 e. The van der Waals surface area contributed by atoms with Crippen LogP contribution < -0.4 is 5.32 Å². The highest BCUT2D eigenvalue weighted by Gasteiger charge is 2.53. The van der Waals surface area contributed by atoms with Crippen LogP contribution in [0.25, 0.3) is 0 Å². The number of ether oxygens (including phenoxy) is 1. The smallest absolute Gasteiger partial charge is 0.330 e. The predicted octanol–water partition coefficient (Wildman–Crippen LogP) is 1.88. The minimum Gasteiger partial charge on any atom is -0.451 e. The molecule has 0 aromatic heterocycles. The number of benzene rings is 1. The molecule has 2 fully saturated rings. The van der Waals surface area contributed by atoms with Crippen molar-refractivity contribution in [2.24, 2.45) is 0 Å². The van der Waals surface area contributed by atoms with Gasteiger partial charge in [0.1, 0.15) is 6.04 Å². The molecule has 0 aliphatic carbocycles. The third-order valence-corrected chi connectivity index (χ3v) is 6.17. The predicted molar refractivity (Wildman–Crippen MR) is 96.1 cm³/mol. The van der Waals surface area contributed by atoms with Crippen molar-refractivity contribution in [1.82, 2.24) is 4.90 Å². The van der Waals surface area contributed by atoms with Gasteiger partial charge in [0, 0.05) is 17.9 Å². The number of carbonyl (C=O) groups excluding carboxylic acids is 3. The third-order valence-electron chi connectivity index (χ3n) is 4.66. The first-order valence-electron chi connectivity index (χ1n) is 8.32. The van der Waals surface area contributed by atoms with Crippen molar-refractivity contribution in [1.29, 1.82) is 5.26 Å².